The van der Waals surface area contributed by atoms with E-state index < -0.39 is 5.92 Å². The number of benzene rings is 1. The van der Waals surface area contributed by atoms with Crippen molar-refractivity contribution in [1.29, 1.82) is 0 Å². The minimum absolute atomic E-state index is 0.00742. The molecule has 3 aromatic rings. The maximum absolute atomic E-state index is 13.6. The Balaban J connectivity index is 1.31. The third-order valence-electron chi connectivity index (χ3n) is 7.31. The SMILES string of the molecule is O=C1CC(C(=O)N2CCc3c(c(C(=O)N4CCOCC4)nn3Cc3ccccn3)C2)c2ccccc21. The Morgan fingerprint density at radius 2 is 1.81 bits per heavy atom. The summed E-state index contributed by atoms with van der Waals surface area (Å²) in [5, 5.41) is 4.75. The minimum atomic E-state index is -0.475. The molecule has 1 atom stereocenters. The number of aromatic nitrogens is 3. The molecule has 1 aromatic carbocycles. The van der Waals surface area contributed by atoms with Gasteiger partial charge in [0, 0.05) is 62.0 Å². The third kappa shape index (κ3) is 3.99. The number of hydrogen-bond donors (Lipinski definition) is 0. The van der Waals surface area contributed by atoms with E-state index in [1.165, 1.54) is 0 Å². The van der Waals surface area contributed by atoms with Gasteiger partial charge in [-0.25, -0.2) is 0 Å². The summed E-state index contributed by atoms with van der Waals surface area (Å²) in [6.45, 7) is 3.31. The summed E-state index contributed by atoms with van der Waals surface area (Å²) < 4.78 is 7.28. The molecule has 3 aliphatic rings. The van der Waals surface area contributed by atoms with E-state index in [9.17, 15) is 14.4 Å². The quantitative estimate of drug-likeness (QED) is 0.561. The van der Waals surface area contributed by atoms with Crippen LogP contribution in [0, 0.1) is 0 Å². The van der Waals surface area contributed by atoms with Crippen molar-refractivity contribution in [1.82, 2.24) is 24.6 Å². The van der Waals surface area contributed by atoms with Gasteiger partial charge in [0.1, 0.15) is 0 Å². The first-order valence-electron chi connectivity index (χ1n) is 12.4. The van der Waals surface area contributed by atoms with Crippen molar-refractivity contribution in [2.75, 3.05) is 32.8 Å². The van der Waals surface area contributed by atoms with Gasteiger partial charge in [-0.05, 0) is 17.7 Å². The Labute approximate surface area is 208 Å². The van der Waals surface area contributed by atoms with Crippen LogP contribution in [-0.4, -0.2) is 75.0 Å². The third-order valence-corrected chi connectivity index (χ3v) is 7.31. The first-order chi connectivity index (χ1) is 17.6. The predicted molar refractivity (Wildman–Crippen MR) is 130 cm³/mol. The monoisotopic (exact) mass is 485 g/mol. The van der Waals surface area contributed by atoms with Gasteiger partial charge in [-0.3, -0.25) is 24.0 Å². The number of hydrogen-bond acceptors (Lipinski definition) is 6. The van der Waals surface area contributed by atoms with Crippen molar-refractivity contribution in [2.24, 2.45) is 0 Å². The smallest absolute Gasteiger partial charge is 0.274 e. The number of Topliss-reactive ketones (excluding diaryl/α,β-unsaturated/α-hetero) is 1. The minimum Gasteiger partial charge on any atom is -0.378 e. The number of fused-ring (bicyclic) bond motifs is 2. The molecule has 1 saturated heterocycles. The summed E-state index contributed by atoms with van der Waals surface area (Å²) in [6.07, 6.45) is 2.52. The van der Waals surface area contributed by atoms with Crippen molar-refractivity contribution in [3.8, 4) is 0 Å². The summed E-state index contributed by atoms with van der Waals surface area (Å²) in [5.74, 6) is -0.670. The summed E-state index contributed by atoms with van der Waals surface area (Å²) in [7, 11) is 0. The highest BCUT2D eigenvalue weighted by Crippen LogP contribution is 2.36. The molecule has 2 aliphatic heterocycles. The Morgan fingerprint density at radius 3 is 2.61 bits per heavy atom. The largest absolute Gasteiger partial charge is 0.378 e. The molecule has 1 fully saturated rings. The lowest BCUT2D eigenvalue weighted by atomic mass is 9.97. The van der Waals surface area contributed by atoms with E-state index in [4.69, 9.17) is 9.84 Å². The molecule has 2 aromatic heterocycles. The molecule has 184 valence electrons. The molecule has 1 unspecified atom stereocenters. The van der Waals surface area contributed by atoms with Gasteiger partial charge < -0.3 is 14.5 Å². The van der Waals surface area contributed by atoms with Crippen molar-refractivity contribution in [2.45, 2.75) is 31.8 Å². The van der Waals surface area contributed by atoms with Crippen LogP contribution in [0.1, 0.15) is 55.7 Å². The Bertz CT molecular complexity index is 1330. The molecule has 6 rings (SSSR count). The maximum Gasteiger partial charge on any atom is 0.274 e. The number of rotatable bonds is 4. The molecule has 4 heterocycles. The fourth-order valence-corrected chi connectivity index (χ4v) is 5.44. The second-order valence-corrected chi connectivity index (χ2v) is 9.43. The van der Waals surface area contributed by atoms with Crippen LogP contribution in [0.3, 0.4) is 0 Å². The Morgan fingerprint density at radius 1 is 1.00 bits per heavy atom. The number of nitrogens with zero attached hydrogens (tertiary/aromatic N) is 5. The molecule has 0 spiro atoms. The number of carbonyl (C=O) groups excluding carboxylic acids is 3. The van der Waals surface area contributed by atoms with Crippen LogP contribution in [0.2, 0.25) is 0 Å². The molecular weight excluding hydrogens is 458 g/mol. The lowest BCUT2D eigenvalue weighted by Gasteiger charge is -2.31. The number of pyridine rings is 1. The van der Waals surface area contributed by atoms with Gasteiger partial charge in [0.25, 0.3) is 5.91 Å². The van der Waals surface area contributed by atoms with Crippen LogP contribution < -0.4 is 0 Å². The lowest BCUT2D eigenvalue weighted by Crippen LogP contribution is -2.42. The van der Waals surface area contributed by atoms with E-state index >= 15 is 0 Å². The highest BCUT2D eigenvalue weighted by molar-refractivity contribution is 6.06. The van der Waals surface area contributed by atoms with Crippen LogP contribution in [-0.2, 0) is 29.0 Å². The van der Waals surface area contributed by atoms with Crippen LogP contribution in [0.5, 0.6) is 0 Å². The van der Waals surface area contributed by atoms with E-state index in [2.05, 4.69) is 4.98 Å². The van der Waals surface area contributed by atoms with Crippen molar-refractivity contribution < 1.29 is 19.1 Å². The fourth-order valence-electron chi connectivity index (χ4n) is 5.44. The van der Waals surface area contributed by atoms with Crippen molar-refractivity contribution >= 4 is 17.6 Å². The van der Waals surface area contributed by atoms with Crippen LogP contribution >= 0.6 is 0 Å². The van der Waals surface area contributed by atoms with Gasteiger partial charge in [-0.1, -0.05) is 30.3 Å². The molecule has 1 aliphatic carbocycles. The topological polar surface area (TPSA) is 97.6 Å². The van der Waals surface area contributed by atoms with Crippen LogP contribution in [0.15, 0.2) is 48.7 Å². The van der Waals surface area contributed by atoms with Gasteiger partial charge in [-0.2, -0.15) is 5.10 Å². The van der Waals surface area contributed by atoms with Crippen molar-refractivity contribution in [3.63, 3.8) is 0 Å². The maximum atomic E-state index is 13.6. The summed E-state index contributed by atoms with van der Waals surface area (Å²) in [6, 6.07) is 13.1. The van der Waals surface area contributed by atoms with E-state index in [-0.39, 0.29) is 24.0 Å². The molecule has 0 N–H and O–H groups in total. The van der Waals surface area contributed by atoms with Gasteiger partial charge in [0.2, 0.25) is 5.91 Å². The first kappa shape index (κ1) is 22.6. The lowest BCUT2D eigenvalue weighted by molar-refractivity contribution is -0.133. The zero-order valence-electron chi connectivity index (χ0n) is 19.9. The molecule has 0 saturated carbocycles. The number of morpholine rings is 1. The summed E-state index contributed by atoms with van der Waals surface area (Å²) in [4.78, 5) is 47.6. The number of amides is 2. The fraction of sp³-hybridized carbons (Fsp3) is 0.370. The molecule has 9 heteroatoms. The summed E-state index contributed by atoms with van der Waals surface area (Å²) >= 11 is 0. The summed E-state index contributed by atoms with van der Waals surface area (Å²) in [5.41, 5.74) is 4.44. The molecule has 2 amide bonds. The Hall–Kier alpha value is -3.85. The van der Waals surface area contributed by atoms with E-state index in [1.807, 2.05) is 41.1 Å². The molecule has 9 nitrogen and oxygen atoms in total. The number of carbonyl (C=O) groups is 3. The average molecular weight is 486 g/mol. The van der Waals surface area contributed by atoms with Gasteiger partial charge in [0.05, 0.1) is 31.4 Å². The standard InChI is InChI=1S/C27H27N5O4/c33-24-15-21(19-6-1-2-7-20(19)24)26(34)31-10-8-23-22(17-31)25(27(35)30-11-13-36-14-12-30)29-32(23)16-18-5-3-4-9-28-18/h1-7,9,21H,8,10-17H2. The second kappa shape index (κ2) is 9.31. The van der Waals surface area contributed by atoms with E-state index in [1.54, 1.807) is 22.1 Å². The number of ketones is 1. The first-order valence-corrected chi connectivity index (χ1v) is 12.4. The highest BCUT2D eigenvalue weighted by atomic mass is 16.5. The predicted octanol–water partition coefficient (Wildman–Crippen LogP) is 2.05. The molecule has 0 bridgehead atoms. The van der Waals surface area contributed by atoms with Gasteiger partial charge in [-0.15, -0.1) is 0 Å². The van der Waals surface area contributed by atoms with E-state index in [0.29, 0.717) is 63.6 Å². The molecule has 36 heavy (non-hydrogen) atoms. The zero-order chi connectivity index (χ0) is 24.6. The number of ether oxygens (including phenoxy) is 1. The van der Waals surface area contributed by atoms with Crippen molar-refractivity contribution in [3.05, 3.63) is 82.4 Å². The molecular formula is C27H27N5O4. The zero-order valence-corrected chi connectivity index (χ0v) is 19.9. The van der Waals surface area contributed by atoms with Crippen LogP contribution in [0.25, 0.3) is 0 Å². The van der Waals surface area contributed by atoms with Gasteiger partial charge >= 0.3 is 0 Å². The average Bonchev–Trinajstić information content (AvgIpc) is 3.46. The highest BCUT2D eigenvalue weighted by Gasteiger charge is 2.39. The second-order valence-electron chi connectivity index (χ2n) is 9.43. The van der Waals surface area contributed by atoms with Crippen LogP contribution in [0.4, 0.5) is 0 Å². The van der Waals surface area contributed by atoms with Gasteiger partial charge in [0.15, 0.2) is 11.5 Å². The Kier molecular flexibility index (Phi) is 5.85. The normalized spacial score (nSPS) is 19.2. The van der Waals surface area contributed by atoms with E-state index in [0.717, 1.165) is 22.5 Å². The molecule has 0 radical (unpaired) electrons.